The number of rotatable bonds is 9. The van der Waals surface area contributed by atoms with E-state index in [9.17, 15) is 8.42 Å². The molecule has 6 rings (SSSR count). The van der Waals surface area contributed by atoms with Gasteiger partial charge in [0.1, 0.15) is 5.82 Å². The molecule has 4 atom stereocenters. The van der Waals surface area contributed by atoms with E-state index in [1.807, 2.05) is 25.1 Å². The van der Waals surface area contributed by atoms with Crippen LogP contribution in [0.2, 0.25) is 0 Å². The summed E-state index contributed by atoms with van der Waals surface area (Å²) in [6, 6.07) is 27.6. The van der Waals surface area contributed by atoms with E-state index in [1.165, 1.54) is 23.9 Å². The van der Waals surface area contributed by atoms with Gasteiger partial charge in [-0.05, 0) is 81.8 Å². The number of sulfonamides is 1. The highest BCUT2D eigenvalue weighted by atomic mass is 32.2. The average Bonchev–Trinajstić information content (AvgIpc) is 3.42. The second-order valence-electron chi connectivity index (χ2n) is 12.0. The van der Waals surface area contributed by atoms with Crippen molar-refractivity contribution in [2.45, 2.75) is 81.3 Å². The Kier molecular flexibility index (Phi) is 7.32. The van der Waals surface area contributed by atoms with Crippen LogP contribution in [-0.4, -0.2) is 48.0 Å². The van der Waals surface area contributed by atoms with Crippen LogP contribution >= 0.6 is 0 Å². The zero-order chi connectivity index (χ0) is 27.9. The molecule has 40 heavy (non-hydrogen) atoms. The van der Waals surface area contributed by atoms with Crippen molar-refractivity contribution in [1.29, 1.82) is 0 Å². The van der Waals surface area contributed by atoms with Crippen LogP contribution in [0.4, 0.5) is 0 Å². The van der Waals surface area contributed by atoms with Crippen LogP contribution in [0.25, 0.3) is 11.0 Å². The molecule has 2 saturated heterocycles. The van der Waals surface area contributed by atoms with Crippen molar-refractivity contribution in [1.82, 2.24) is 19.2 Å². The molecule has 1 aromatic heterocycles. The summed E-state index contributed by atoms with van der Waals surface area (Å²) in [5.41, 5.74) is 3.93. The Bertz CT molecular complexity index is 1590. The Morgan fingerprint density at radius 3 is 2.25 bits per heavy atom. The second kappa shape index (κ2) is 10.8. The maximum Gasteiger partial charge on any atom is 0.240 e. The summed E-state index contributed by atoms with van der Waals surface area (Å²) in [6.07, 6.45) is 5.63. The molecule has 0 radical (unpaired) electrons. The molecule has 0 aliphatic carbocycles. The molecule has 6 nitrogen and oxygen atoms in total. The minimum atomic E-state index is -3.61. The SMILES string of the molecule is Cc1ccccc1S(=O)(=O)NC[C@@](C)(CCN1[C@@H]2CC[C@H]1CC(n1c(C)nc3ccccc31)C2)c1ccccc1. The molecule has 2 fully saturated rings. The van der Waals surface area contributed by atoms with E-state index in [2.05, 4.69) is 76.6 Å². The molecule has 0 spiro atoms. The summed E-state index contributed by atoms with van der Waals surface area (Å²) in [5.74, 6) is 1.11. The quantitative estimate of drug-likeness (QED) is 0.269. The van der Waals surface area contributed by atoms with Crippen LogP contribution < -0.4 is 4.72 Å². The van der Waals surface area contributed by atoms with Crippen LogP contribution in [0.15, 0.2) is 83.8 Å². The zero-order valence-electron chi connectivity index (χ0n) is 23.8. The molecule has 2 aliphatic heterocycles. The Morgan fingerprint density at radius 1 is 0.875 bits per heavy atom. The predicted octanol–water partition coefficient (Wildman–Crippen LogP) is 6.15. The number of piperidine rings is 1. The van der Waals surface area contributed by atoms with Crippen molar-refractivity contribution < 1.29 is 8.42 Å². The maximum absolute atomic E-state index is 13.3. The van der Waals surface area contributed by atoms with Crippen molar-refractivity contribution in [3.05, 3.63) is 95.8 Å². The number of hydrogen-bond acceptors (Lipinski definition) is 4. The van der Waals surface area contributed by atoms with Gasteiger partial charge in [-0.1, -0.05) is 67.6 Å². The van der Waals surface area contributed by atoms with Crippen molar-refractivity contribution in [3.8, 4) is 0 Å². The number of imidazole rings is 1. The molecule has 0 amide bonds. The lowest BCUT2D eigenvalue weighted by Gasteiger charge is -2.42. The summed E-state index contributed by atoms with van der Waals surface area (Å²) in [7, 11) is -3.61. The zero-order valence-corrected chi connectivity index (χ0v) is 24.6. The lowest BCUT2D eigenvalue weighted by molar-refractivity contribution is 0.0984. The maximum atomic E-state index is 13.3. The van der Waals surface area contributed by atoms with Gasteiger partial charge < -0.3 is 4.57 Å². The first-order valence-corrected chi connectivity index (χ1v) is 16.0. The first-order chi connectivity index (χ1) is 19.2. The van der Waals surface area contributed by atoms with Gasteiger partial charge in [0.15, 0.2) is 0 Å². The standard InChI is InChI=1S/C33H40N4O2S/c1-24-11-7-10-16-32(24)40(38,39)34-23-33(3,26-12-5-4-6-13-26)19-20-36-27-17-18-28(36)22-29(21-27)37-25(2)35-30-14-8-9-15-31(30)37/h4-16,27-29,34H,17-23H2,1-3H3/t27-,28+,29?,33-/m1/s1. The molecular formula is C33H40N4O2S. The van der Waals surface area contributed by atoms with Crippen LogP contribution in [-0.2, 0) is 15.4 Å². The fourth-order valence-corrected chi connectivity index (χ4v) is 8.60. The van der Waals surface area contributed by atoms with Gasteiger partial charge >= 0.3 is 0 Å². The minimum absolute atomic E-state index is 0.329. The lowest BCUT2D eigenvalue weighted by atomic mass is 9.79. The van der Waals surface area contributed by atoms with Crippen molar-refractivity contribution in [3.63, 3.8) is 0 Å². The summed E-state index contributed by atoms with van der Waals surface area (Å²) in [5, 5.41) is 0. The minimum Gasteiger partial charge on any atom is -0.325 e. The molecule has 1 N–H and O–H groups in total. The highest BCUT2D eigenvalue weighted by Gasteiger charge is 2.42. The Balaban J connectivity index is 1.19. The van der Waals surface area contributed by atoms with E-state index in [-0.39, 0.29) is 5.41 Å². The molecule has 1 unspecified atom stereocenters. The van der Waals surface area contributed by atoms with Gasteiger partial charge in [-0.25, -0.2) is 18.1 Å². The van der Waals surface area contributed by atoms with Crippen LogP contribution in [0, 0.1) is 13.8 Å². The number of nitrogens with one attached hydrogen (secondary N) is 1. The first kappa shape index (κ1) is 27.2. The molecular weight excluding hydrogens is 516 g/mol. The van der Waals surface area contributed by atoms with Crippen LogP contribution in [0.3, 0.4) is 0 Å². The third-order valence-electron chi connectivity index (χ3n) is 9.42. The van der Waals surface area contributed by atoms with Gasteiger partial charge in [-0.3, -0.25) is 4.90 Å². The number of aromatic nitrogens is 2. The van der Waals surface area contributed by atoms with Crippen LogP contribution in [0.5, 0.6) is 0 Å². The average molecular weight is 557 g/mol. The molecule has 3 aromatic carbocycles. The Morgan fingerprint density at radius 2 is 1.52 bits per heavy atom. The molecule has 210 valence electrons. The van der Waals surface area contributed by atoms with E-state index >= 15 is 0 Å². The third kappa shape index (κ3) is 5.11. The number of benzene rings is 3. The van der Waals surface area contributed by atoms with Crippen molar-refractivity contribution in [2.75, 3.05) is 13.1 Å². The third-order valence-corrected chi connectivity index (χ3v) is 11.0. The van der Waals surface area contributed by atoms with Crippen LogP contribution in [0.1, 0.15) is 62.0 Å². The lowest BCUT2D eigenvalue weighted by Crippen LogP contribution is -2.47. The number of fused-ring (bicyclic) bond motifs is 3. The fraction of sp³-hybridized carbons (Fsp3) is 0.424. The predicted molar refractivity (Wildman–Crippen MR) is 161 cm³/mol. The van der Waals surface area contributed by atoms with Gasteiger partial charge in [-0.15, -0.1) is 0 Å². The number of aryl methyl sites for hydroxylation is 2. The number of hydrogen-bond donors (Lipinski definition) is 1. The topological polar surface area (TPSA) is 67.2 Å². The van der Waals surface area contributed by atoms with E-state index in [0.29, 0.717) is 29.6 Å². The van der Waals surface area contributed by atoms with Gasteiger partial charge in [0.2, 0.25) is 10.0 Å². The summed E-state index contributed by atoms with van der Waals surface area (Å²) < 4.78 is 32.0. The molecule has 7 heteroatoms. The largest absolute Gasteiger partial charge is 0.325 e. The normalized spacial score (nSPS) is 22.9. The smallest absolute Gasteiger partial charge is 0.240 e. The van der Waals surface area contributed by atoms with Crippen molar-refractivity contribution >= 4 is 21.1 Å². The highest BCUT2D eigenvalue weighted by Crippen LogP contribution is 2.43. The Hall–Kier alpha value is -3.00. The number of para-hydroxylation sites is 2. The fourth-order valence-electron chi connectivity index (χ4n) is 7.19. The summed E-state index contributed by atoms with van der Waals surface area (Å²) in [4.78, 5) is 7.92. The molecule has 3 heterocycles. The van der Waals surface area contributed by atoms with E-state index in [0.717, 1.165) is 42.7 Å². The van der Waals surface area contributed by atoms with Gasteiger partial charge in [-0.2, -0.15) is 0 Å². The molecule has 2 aliphatic rings. The van der Waals surface area contributed by atoms with Crippen molar-refractivity contribution in [2.24, 2.45) is 0 Å². The Labute approximate surface area is 238 Å². The first-order valence-electron chi connectivity index (χ1n) is 14.6. The highest BCUT2D eigenvalue weighted by molar-refractivity contribution is 7.89. The summed E-state index contributed by atoms with van der Waals surface area (Å²) >= 11 is 0. The number of nitrogens with zero attached hydrogens (tertiary/aromatic N) is 3. The monoisotopic (exact) mass is 556 g/mol. The van der Waals surface area contributed by atoms with E-state index < -0.39 is 10.0 Å². The van der Waals surface area contributed by atoms with E-state index in [4.69, 9.17) is 4.98 Å². The molecule has 0 saturated carbocycles. The van der Waals surface area contributed by atoms with Gasteiger partial charge in [0.05, 0.1) is 15.9 Å². The second-order valence-corrected chi connectivity index (χ2v) is 13.8. The van der Waals surface area contributed by atoms with Gasteiger partial charge in [0.25, 0.3) is 0 Å². The van der Waals surface area contributed by atoms with Gasteiger partial charge in [0, 0.05) is 30.1 Å². The molecule has 4 aromatic rings. The molecule has 2 bridgehead atoms. The van der Waals surface area contributed by atoms with E-state index in [1.54, 1.807) is 12.1 Å². The summed E-state index contributed by atoms with van der Waals surface area (Å²) in [6.45, 7) is 7.51.